The summed E-state index contributed by atoms with van der Waals surface area (Å²) in [4.78, 5) is 26.0. The molecule has 0 bridgehead atoms. The fourth-order valence-corrected chi connectivity index (χ4v) is 2.68. The molecule has 22 heavy (non-hydrogen) atoms. The summed E-state index contributed by atoms with van der Waals surface area (Å²) in [6.45, 7) is 7.23. The van der Waals surface area contributed by atoms with Crippen molar-refractivity contribution in [2.24, 2.45) is 5.92 Å². The molecule has 0 spiro atoms. The van der Waals surface area contributed by atoms with Crippen molar-refractivity contribution >= 4 is 17.7 Å². The maximum Gasteiger partial charge on any atom is 0.321 e. The van der Waals surface area contributed by atoms with Crippen LogP contribution in [0.1, 0.15) is 30.9 Å². The van der Waals surface area contributed by atoms with Crippen molar-refractivity contribution in [3.63, 3.8) is 0 Å². The van der Waals surface area contributed by atoms with E-state index in [1.54, 1.807) is 11.8 Å². The molecule has 1 saturated heterocycles. The highest BCUT2D eigenvalue weighted by Crippen LogP contribution is 2.21. The molecule has 1 aliphatic rings. The van der Waals surface area contributed by atoms with Gasteiger partial charge in [-0.3, -0.25) is 4.79 Å². The molecule has 2 rings (SSSR count). The fourth-order valence-electron chi connectivity index (χ4n) is 2.68. The molecule has 5 nitrogen and oxygen atoms in total. The number of hydrogen-bond acceptors (Lipinski definition) is 3. The molecule has 1 N–H and O–H groups in total. The number of rotatable bonds is 3. The van der Waals surface area contributed by atoms with E-state index in [1.807, 2.05) is 32.0 Å². The maximum atomic E-state index is 12.4. The van der Waals surface area contributed by atoms with Gasteiger partial charge < -0.3 is 15.0 Å². The minimum atomic E-state index is -0.210. The zero-order chi connectivity index (χ0) is 16.1. The lowest BCUT2D eigenvalue weighted by molar-refractivity contribution is -0.149. The molecule has 1 atom stereocenters. The lowest BCUT2D eigenvalue weighted by Crippen LogP contribution is -2.44. The first-order valence-electron chi connectivity index (χ1n) is 7.81. The van der Waals surface area contributed by atoms with Crippen LogP contribution in [0.4, 0.5) is 10.5 Å². The monoisotopic (exact) mass is 304 g/mol. The Hall–Kier alpha value is -2.04. The molecule has 0 aromatic heterocycles. The summed E-state index contributed by atoms with van der Waals surface area (Å²) < 4.78 is 5.07. The first-order chi connectivity index (χ1) is 10.5. The van der Waals surface area contributed by atoms with Crippen molar-refractivity contribution in [2.45, 2.75) is 33.6 Å². The van der Waals surface area contributed by atoms with Crippen LogP contribution in [0, 0.1) is 19.8 Å². The minimum Gasteiger partial charge on any atom is -0.466 e. The third-order valence-electron chi connectivity index (χ3n) is 3.96. The second kappa shape index (κ2) is 7.29. The van der Waals surface area contributed by atoms with Crippen LogP contribution in [0.5, 0.6) is 0 Å². The van der Waals surface area contributed by atoms with Gasteiger partial charge in [0.25, 0.3) is 0 Å². The number of ether oxygens (including phenoxy) is 1. The first kappa shape index (κ1) is 16.3. The molecule has 0 saturated carbocycles. The second-order valence-electron chi connectivity index (χ2n) is 5.79. The molecule has 1 aromatic rings. The molecular formula is C17H24N2O3. The van der Waals surface area contributed by atoms with E-state index in [0.29, 0.717) is 19.7 Å². The molecule has 1 aliphatic heterocycles. The second-order valence-corrected chi connectivity index (χ2v) is 5.79. The third kappa shape index (κ3) is 4.00. The van der Waals surface area contributed by atoms with Gasteiger partial charge in [0, 0.05) is 18.8 Å². The highest BCUT2D eigenvalue weighted by atomic mass is 16.5. The van der Waals surface area contributed by atoms with Gasteiger partial charge in [0.05, 0.1) is 12.5 Å². The molecule has 1 aromatic carbocycles. The van der Waals surface area contributed by atoms with Gasteiger partial charge >= 0.3 is 12.0 Å². The number of anilines is 1. The average Bonchev–Trinajstić information content (AvgIpc) is 2.51. The van der Waals surface area contributed by atoms with Crippen molar-refractivity contribution < 1.29 is 14.3 Å². The van der Waals surface area contributed by atoms with Crippen LogP contribution in [0.3, 0.4) is 0 Å². The number of carbonyl (C=O) groups is 2. The van der Waals surface area contributed by atoms with Crippen molar-refractivity contribution in [3.05, 3.63) is 29.3 Å². The van der Waals surface area contributed by atoms with Gasteiger partial charge in [-0.15, -0.1) is 0 Å². The van der Waals surface area contributed by atoms with Crippen LogP contribution >= 0.6 is 0 Å². The summed E-state index contributed by atoms with van der Waals surface area (Å²) in [7, 11) is 0. The quantitative estimate of drug-likeness (QED) is 0.873. The molecule has 2 amide bonds. The van der Waals surface area contributed by atoms with Crippen LogP contribution in [-0.2, 0) is 9.53 Å². The highest BCUT2D eigenvalue weighted by Gasteiger charge is 2.29. The van der Waals surface area contributed by atoms with E-state index in [2.05, 4.69) is 5.32 Å². The van der Waals surface area contributed by atoms with Crippen molar-refractivity contribution in [2.75, 3.05) is 25.0 Å². The standard InChI is InChI=1S/C17H24N2O3/c1-4-22-16(20)14-6-5-9-19(11-14)17(21)18-15-10-12(2)7-8-13(15)3/h7-8,10,14H,4-6,9,11H2,1-3H3,(H,18,21)/t14-/m1/s1. The first-order valence-corrected chi connectivity index (χ1v) is 7.81. The Morgan fingerprint density at radius 3 is 2.86 bits per heavy atom. The van der Waals surface area contributed by atoms with E-state index < -0.39 is 0 Å². The van der Waals surface area contributed by atoms with Gasteiger partial charge in [-0.1, -0.05) is 12.1 Å². The smallest absolute Gasteiger partial charge is 0.321 e. The molecule has 1 heterocycles. The summed E-state index contributed by atoms with van der Waals surface area (Å²) >= 11 is 0. The number of piperidine rings is 1. The lowest BCUT2D eigenvalue weighted by Gasteiger charge is -2.31. The Morgan fingerprint density at radius 2 is 2.14 bits per heavy atom. The molecule has 0 aliphatic carbocycles. The van der Waals surface area contributed by atoms with Gasteiger partial charge in [0.1, 0.15) is 0 Å². The van der Waals surface area contributed by atoms with Crippen LogP contribution in [-0.4, -0.2) is 36.6 Å². The van der Waals surface area contributed by atoms with Crippen molar-refractivity contribution in [1.82, 2.24) is 4.90 Å². The van der Waals surface area contributed by atoms with E-state index in [9.17, 15) is 9.59 Å². The Balaban J connectivity index is 2.00. The number of benzene rings is 1. The van der Waals surface area contributed by atoms with Gasteiger partial charge in [-0.2, -0.15) is 0 Å². The number of likely N-dealkylation sites (tertiary alicyclic amines) is 1. The summed E-state index contributed by atoms with van der Waals surface area (Å²) in [6.07, 6.45) is 1.61. The molecule has 120 valence electrons. The van der Waals surface area contributed by atoms with Gasteiger partial charge in [0.15, 0.2) is 0 Å². The average molecular weight is 304 g/mol. The normalized spacial score (nSPS) is 18.0. The summed E-state index contributed by atoms with van der Waals surface area (Å²) in [5.74, 6) is -0.412. The van der Waals surface area contributed by atoms with Gasteiger partial charge in [-0.05, 0) is 50.8 Å². The Kier molecular flexibility index (Phi) is 5.41. The fraction of sp³-hybridized carbons (Fsp3) is 0.529. The predicted molar refractivity (Wildman–Crippen MR) is 85.9 cm³/mol. The molecular weight excluding hydrogens is 280 g/mol. The number of aryl methyl sites for hydroxylation is 2. The van der Waals surface area contributed by atoms with E-state index in [4.69, 9.17) is 4.74 Å². The largest absolute Gasteiger partial charge is 0.466 e. The predicted octanol–water partition coefficient (Wildman–Crippen LogP) is 3.11. The summed E-state index contributed by atoms with van der Waals surface area (Å²) in [5, 5.41) is 2.95. The minimum absolute atomic E-state index is 0.150. The van der Waals surface area contributed by atoms with E-state index in [-0.39, 0.29) is 17.9 Å². The number of esters is 1. The number of nitrogens with zero attached hydrogens (tertiary/aromatic N) is 1. The highest BCUT2D eigenvalue weighted by molar-refractivity contribution is 5.90. The SMILES string of the molecule is CCOC(=O)[C@@H]1CCCN(C(=O)Nc2cc(C)ccc2C)C1. The molecule has 1 fully saturated rings. The maximum absolute atomic E-state index is 12.4. The van der Waals surface area contributed by atoms with E-state index in [1.165, 1.54) is 0 Å². The van der Waals surface area contributed by atoms with Crippen LogP contribution in [0.15, 0.2) is 18.2 Å². The van der Waals surface area contributed by atoms with Crippen LogP contribution in [0.25, 0.3) is 0 Å². The third-order valence-corrected chi connectivity index (χ3v) is 3.96. The lowest BCUT2D eigenvalue weighted by atomic mass is 9.98. The van der Waals surface area contributed by atoms with Crippen molar-refractivity contribution in [3.8, 4) is 0 Å². The number of hydrogen-bond donors (Lipinski definition) is 1. The number of urea groups is 1. The van der Waals surface area contributed by atoms with Crippen LogP contribution < -0.4 is 5.32 Å². The van der Waals surface area contributed by atoms with E-state index >= 15 is 0 Å². The zero-order valence-corrected chi connectivity index (χ0v) is 13.5. The summed E-state index contributed by atoms with van der Waals surface area (Å²) in [5.41, 5.74) is 2.95. The zero-order valence-electron chi connectivity index (χ0n) is 13.5. The number of amides is 2. The Morgan fingerprint density at radius 1 is 1.36 bits per heavy atom. The van der Waals surface area contributed by atoms with Gasteiger partial charge in [0.2, 0.25) is 0 Å². The van der Waals surface area contributed by atoms with E-state index in [0.717, 1.165) is 29.7 Å². The number of carbonyl (C=O) groups excluding carboxylic acids is 2. The van der Waals surface area contributed by atoms with Gasteiger partial charge in [-0.25, -0.2) is 4.79 Å². The molecule has 0 radical (unpaired) electrons. The Labute approximate surface area is 131 Å². The topological polar surface area (TPSA) is 58.6 Å². The molecule has 0 unspecified atom stereocenters. The Bertz CT molecular complexity index is 557. The van der Waals surface area contributed by atoms with Crippen LogP contribution in [0.2, 0.25) is 0 Å². The number of nitrogens with one attached hydrogen (secondary N) is 1. The molecule has 5 heteroatoms. The van der Waals surface area contributed by atoms with Crippen molar-refractivity contribution in [1.29, 1.82) is 0 Å². The summed E-state index contributed by atoms with van der Waals surface area (Å²) in [6, 6.07) is 5.81.